The molecule has 0 spiro atoms. The Hall–Kier alpha value is -0.590. The summed E-state index contributed by atoms with van der Waals surface area (Å²) in [5.74, 6) is 0.959. The molecule has 2 unspecified atom stereocenters. The lowest BCUT2D eigenvalue weighted by molar-refractivity contribution is -0.143. The van der Waals surface area contributed by atoms with Crippen molar-refractivity contribution in [3.05, 3.63) is 11.1 Å². The molecule has 0 heterocycles. The molecule has 3 aliphatic carbocycles. The second-order valence-corrected chi connectivity index (χ2v) is 5.78. The molecule has 0 aromatic heterocycles. The third-order valence-corrected chi connectivity index (χ3v) is 4.83. The van der Waals surface area contributed by atoms with E-state index in [0.29, 0.717) is 11.7 Å². The van der Waals surface area contributed by atoms with Crippen LogP contribution in [0.15, 0.2) is 11.1 Å². The van der Waals surface area contributed by atoms with E-state index in [0.717, 1.165) is 6.42 Å². The van der Waals surface area contributed by atoms with Crippen molar-refractivity contribution in [1.29, 1.82) is 0 Å². The molecule has 0 aliphatic heterocycles. The first-order valence-electron chi connectivity index (χ1n) is 5.54. The predicted octanol–water partition coefficient (Wildman–Crippen LogP) is 3.35. The Morgan fingerprint density at radius 2 is 1.79 bits per heavy atom. The topological polar surface area (TPSA) is 17.1 Å². The summed E-state index contributed by atoms with van der Waals surface area (Å²) in [6, 6.07) is 0. The van der Waals surface area contributed by atoms with Gasteiger partial charge in [-0.05, 0) is 39.5 Å². The number of hydrogen-bond acceptors (Lipinski definition) is 1. The fraction of sp³-hybridized carbons (Fsp3) is 0.769. The summed E-state index contributed by atoms with van der Waals surface area (Å²) in [5, 5.41) is 0. The van der Waals surface area contributed by atoms with E-state index in [1.807, 2.05) is 0 Å². The van der Waals surface area contributed by atoms with Gasteiger partial charge in [0.2, 0.25) is 0 Å². The highest BCUT2D eigenvalue weighted by molar-refractivity contribution is 5.95. The van der Waals surface area contributed by atoms with Gasteiger partial charge in [-0.15, -0.1) is 0 Å². The minimum absolute atomic E-state index is 0.128. The van der Waals surface area contributed by atoms with Crippen molar-refractivity contribution in [3.63, 3.8) is 0 Å². The first-order chi connectivity index (χ1) is 6.32. The predicted molar refractivity (Wildman–Crippen MR) is 58.0 cm³/mol. The third kappa shape index (κ3) is 0.884. The Bertz CT molecular complexity index is 335. The Labute approximate surface area is 86.6 Å². The summed E-state index contributed by atoms with van der Waals surface area (Å²) < 4.78 is 0. The number of carbonyl (C=O) groups excluding carboxylic acids is 1. The first-order valence-corrected chi connectivity index (χ1v) is 5.54. The zero-order valence-electron chi connectivity index (χ0n) is 9.90. The normalized spacial score (nSPS) is 40.6. The van der Waals surface area contributed by atoms with E-state index in [9.17, 15) is 4.79 Å². The summed E-state index contributed by atoms with van der Waals surface area (Å²) in [5.41, 5.74) is 2.54. The number of ketones is 1. The molecule has 0 amide bonds. The Morgan fingerprint density at radius 3 is 2.36 bits per heavy atom. The lowest BCUT2D eigenvalue weighted by atomic mass is 9.49. The van der Waals surface area contributed by atoms with Crippen LogP contribution in [-0.4, -0.2) is 5.78 Å². The SMILES string of the molecule is CC1=C(C)C2(C)CCC1C(C)(C)C2=O. The molecular formula is C13H20O. The van der Waals surface area contributed by atoms with E-state index in [-0.39, 0.29) is 10.8 Å². The van der Waals surface area contributed by atoms with Gasteiger partial charge < -0.3 is 0 Å². The average Bonchev–Trinajstić information content (AvgIpc) is 2.10. The monoisotopic (exact) mass is 192 g/mol. The van der Waals surface area contributed by atoms with Crippen molar-refractivity contribution >= 4 is 5.78 Å². The van der Waals surface area contributed by atoms with Crippen LogP contribution in [-0.2, 0) is 4.79 Å². The van der Waals surface area contributed by atoms with Crippen LogP contribution >= 0.6 is 0 Å². The average molecular weight is 192 g/mol. The molecule has 1 heteroatoms. The molecule has 0 saturated heterocycles. The highest BCUT2D eigenvalue weighted by Crippen LogP contribution is 2.58. The molecule has 1 nitrogen and oxygen atoms in total. The summed E-state index contributed by atoms with van der Waals surface area (Å²) in [6.45, 7) is 10.7. The molecule has 0 aromatic carbocycles. The summed E-state index contributed by atoms with van der Waals surface area (Å²) in [6.07, 6.45) is 2.25. The largest absolute Gasteiger partial charge is 0.298 e. The molecule has 78 valence electrons. The molecule has 1 saturated carbocycles. The smallest absolute Gasteiger partial charge is 0.148 e. The second-order valence-electron chi connectivity index (χ2n) is 5.78. The van der Waals surface area contributed by atoms with Crippen molar-refractivity contribution in [3.8, 4) is 0 Å². The van der Waals surface area contributed by atoms with Crippen molar-refractivity contribution < 1.29 is 4.79 Å². The first kappa shape index (κ1) is 9.95. The van der Waals surface area contributed by atoms with Crippen LogP contribution in [0.4, 0.5) is 0 Å². The molecule has 14 heavy (non-hydrogen) atoms. The summed E-state index contributed by atoms with van der Waals surface area (Å²) in [4.78, 5) is 12.4. The molecule has 2 bridgehead atoms. The standard InChI is InChI=1S/C13H20O/c1-8-9(2)13(5)7-6-10(8)12(3,4)11(13)14/h10H,6-7H2,1-5H3. The highest BCUT2D eigenvalue weighted by Gasteiger charge is 2.56. The molecule has 0 aromatic rings. The number of hydrogen-bond donors (Lipinski definition) is 0. The van der Waals surface area contributed by atoms with E-state index in [1.54, 1.807) is 0 Å². The molecule has 0 N–H and O–H groups in total. The van der Waals surface area contributed by atoms with Gasteiger partial charge in [0, 0.05) is 10.8 Å². The number of allylic oxidation sites excluding steroid dienone is 2. The van der Waals surface area contributed by atoms with Crippen LogP contribution in [0.1, 0.15) is 47.5 Å². The highest BCUT2D eigenvalue weighted by atomic mass is 16.1. The fourth-order valence-electron chi connectivity index (χ4n) is 3.59. The number of carbonyl (C=O) groups is 1. The number of rotatable bonds is 0. The number of Topliss-reactive ketones (excluding diaryl/α,β-unsaturated/α-hetero) is 1. The summed E-state index contributed by atoms with van der Waals surface area (Å²) in [7, 11) is 0. The van der Waals surface area contributed by atoms with E-state index in [4.69, 9.17) is 0 Å². The van der Waals surface area contributed by atoms with Crippen molar-refractivity contribution in [2.24, 2.45) is 16.7 Å². The fourth-order valence-corrected chi connectivity index (χ4v) is 3.59. The maximum atomic E-state index is 12.4. The zero-order valence-corrected chi connectivity index (χ0v) is 9.90. The minimum Gasteiger partial charge on any atom is -0.298 e. The lowest BCUT2D eigenvalue weighted by Crippen LogP contribution is -2.53. The van der Waals surface area contributed by atoms with Crippen molar-refractivity contribution in [1.82, 2.24) is 0 Å². The van der Waals surface area contributed by atoms with Gasteiger partial charge in [0.25, 0.3) is 0 Å². The maximum Gasteiger partial charge on any atom is 0.148 e. The number of fused-ring (bicyclic) bond motifs is 2. The Kier molecular flexibility index (Phi) is 1.78. The van der Waals surface area contributed by atoms with Gasteiger partial charge in [-0.3, -0.25) is 4.79 Å². The van der Waals surface area contributed by atoms with Crippen LogP contribution in [0.5, 0.6) is 0 Å². The summed E-state index contributed by atoms with van der Waals surface area (Å²) >= 11 is 0. The zero-order chi connectivity index (χ0) is 10.7. The molecular weight excluding hydrogens is 172 g/mol. The van der Waals surface area contributed by atoms with Crippen LogP contribution in [0, 0.1) is 16.7 Å². The van der Waals surface area contributed by atoms with Crippen LogP contribution < -0.4 is 0 Å². The molecule has 1 fully saturated rings. The van der Waals surface area contributed by atoms with E-state index >= 15 is 0 Å². The lowest BCUT2D eigenvalue weighted by Gasteiger charge is -2.53. The van der Waals surface area contributed by atoms with Crippen LogP contribution in [0.2, 0.25) is 0 Å². The van der Waals surface area contributed by atoms with Crippen LogP contribution in [0.25, 0.3) is 0 Å². The molecule has 3 aliphatic rings. The van der Waals surface area contributed by atoms with Crippen molar-refractivity contribution in [2.75, 3.05) is 0 Å². The van der Waals surface area contributed by atoms with Gasteiger partial charge in [0.1, 0.15) is 5.78 Å². The van der Waals surface area contributed by atoms with Gasteiger partial charge in [0.05, 0.1) is 0 Å². The second kappa shape index (κ2) is 2.50. The van der Waals surface area contributed by atoms with Crippen molar-refractivity contribution in [2.45, 2.75) is 47.5 Å². The van der Waals surface area contributed by atoms with Gasteiger partial charge in [-0.25, -0.2) is 0 Å². The van der Waals surface area contributed by atoms with E-state index < -0.39 is 0 Å². The maximum absolute atomic E-state index is 12.4. The quantitative estimate of drug-likeness (QED) is 0.538. The molecule has 0 radical (unpaired) electrons. The van der Waals surface area contributed by atoms with Crippen LogP contribution in [0.3, 0.4) is 0 Å². The third-order valence-electron chi connectivity index (χ3n) is 4.83. The van der Waals surface area contributed by atoms with E-state index in [1.165, 1.54) is 17.6 Å². The Morgan fingerprint density at radius 1 is 1.21 bits per heavy atom. The molecule has 3 rings (SSSR count). The van der Waals surface area contributed by atoms with Gasteiger partial charge in [0.15, 0.2) is 0 Å². The van der Waals surface area contributed by atoms with E-state index in [2.05, 4.69) is 34.6 Å². The van der Waals surface area contributed by atoms with Gasteiger partial charge >= 0.3 is 0 Å². The van der Waals surface area contributed by atoms with Gasteiger partial charge in [-0.1, -0.05) is 25.0 Å². The Balaban J connectivity index is 2.64. The molecule has 2 atom stereocenters. The van der Waals surface area contributed by atoms with Gasteiger partial charge in [-0.2, -0.15) is 0 Å². The minimum atomic E-state index is -0.150.